The van der Waals surface area contributed by atoms with Crippen molar-refractivity contribution >= 4 is 23.2 Å². The maximum absolute atomic E-state index is 13.0. The minimum atomic E-state index is -0.756. The van der Waals surface area contributed by atoms with Crippen molar-refractivity contribution in [3.05, 3.63) is 21.9 Å². The monoisotopic (exact) mass is 236 g/mol. The summed E-state index contributed by atoms with van der Waals surface area (Å²) in [6.45, 7) is 6.00. The fraction of sp³-hybridized carbons (Fsp3) is 0.556. The zero-order valence-electron chi connectivity index (χ0n) is 8.18. The van der Waals surface area contributed by atoms with E-state index in [-0.39, 0.29) is 16.2 Å². The zero-order chi connectivity index (χ0) is 10.9. The highest BCUT2D eigenvalue weighted by molar-refractivity contribution is 6.33. The van der Waals surface area contributed by atoms with Crippen molar-refractivity contribution in [3.8, 4) is 0 Å². The lowest BCUT2D eigenvalue weighted by Gasteiger charge is -2.14. The summed E-state index contributed by atoms with van der Waals surface area (Å²) in [6.07, 6.45) is 0. The smallest absolute Gasteiger partial charge is 0.197 e. The van der Waals surface area contributed by atoms with Crippen molar-refractivity contribution < 1.29 is 4.39 Å². The van der Waals surface area contributed by atoms with Gasteiger partial charge in [0.2, 0.25) is 0 Å². The third-order valence-corrected chi connectivity index (χ3v) is 2.70. The SMILES string of the molecule is CC(C)C(C)c1nc(Cl)c(F)c(Cl)n1. The Labute approximate surface area is 92.5 Å². The molecule has 0 aliphatic rings. The van der Waals surface area contributed by atoms with Gasteiger partial charge >= 0.3 is 0 Å². The summed E-state index contributed by atoms with van der Waals surface area (Å²) in [7, 11) is 0. The van der Waals surface area contributed by atoms with Crippen molar-refractivity contribution in [3.63, 3.8) is 0 Å². The highest BCUT2D eigenvalue weighted by atomic mass is 35.5. The first-order chi connectivity index (χ1) is 6.43. The molecule has 0 amide bonds. The van der Waals surface area contributed by atoms with Crippen LogP contribution in [0.1, 0.15) is 32.5 Å². The molecule has 0 N–H and O–H groups in total. The van der Waals surface area contributed by atoms with Gasteiger partial charge in [-0.3, -0.25) is 0 Å². The molecule has 1 aromatic heterocycles. The molecule has 0 bridgehead atoms. The van der Waals surface area contributed by atoms with Gasteiger partial charge in [-0.25, -0.2) is 14.4 Å². The second-order valence-corrected chi connectivity index (χ2v) is 4.23. The molecule has 0 aliphatic carbocycles. The topological polar surface area (TPSA) is 25.8 Å². The van der Waals surface area contributed by atoms with E-state index in [1.54, 1.807) is 0 Å². The minimum Gasteiger partial charge on any atom is -0.218 e. The molecule has 0 aromatic carbocycles. The van der Waals surface area contributed by atoms with E-state index in [0.717, 1.165) is 0 Å². The van der Waals surface area contributed by atoms with Crippen LogP contribution in [-0.4, -0.2) is 9.97 Å². The Morgan fingerprint density at radius 2 is 1.50 bits per heavy atom. The number of nitrogens with zero attached hydrogens (tertiary/aromatic N) is 2. The summed E-state index contributed by atoms with van der Waals surface area (Å²) >= 11 is 11.1. The van der Waals surface area contributed by atoms with Crippen molar-refractivity contribution in [1.29, 1.82) is 0 Å². The minimum absolute atomic E-state index is 0.102. The first-order valence-electron chi connectivity index (χ1n) is 4.32. The van der Waals surface area contributed by atoms with Gasteiger partial charge in [0.05, 0.1) is 0 Å². The van der Waals surface area contributed by atoms with Crippen LogP contribution in [0.3, 0.4) is 0 Å². The average Bonchev–Trinajstić information content (AvgIpc) is 2.12. The molecule has 14 heavy (non-hydrogen) atoms. The third-order valence-electron chi connectivity index (χ3n) is 2.19. The third kappa shape index (κ3) is 2.34. The first kappa shape index (κ1) is 11.7. The van der Waals surface area contributed by atoms with Crippen LogP contribution in [0.2, 0.25) is 10.3 Å². The molecule has 1 aromatic rings. The standard InChI is InChI=1S/C9H11Cl2FN2/c1-4(2)5(3)9-13-7(10)6(12)8(11)14-9/h4-5H,1-3H3. The largest absolute Gasteiger partial charge is 0.218 e. The van der Waals surface area contributed by atoms with Crippen LogP contribution < -0.4 is 0 Å². The first-order valence-corrected chi connectivity index (χ1v) is 5.07. The van der Waals surface area contributed by atoms with E-state index in [1.165, 1.54) is 0 Å². The summed E-state index contributed by atoms with van der Waals surface area (Å²) in [5.74, 6) is 0.183. The molecule has 0 fully saturated rings. The number of rotatable bonds is 2. The maximum atomic E-state index is 13.0. The molecule has 5 heteroatoms. The molecule has 0 radical (unpaired) electrons. The molecule has 0 spiro atoms. The molecular formula is C9H11Cl2FN2. The molecule has 0 aliphatic heterocycles. The molecule has 1 atom stereocenters. The van der Waals surface area contributed by atoms with E-state index in [9.17, 15) is 4.39 Å². The van der Waals surface area contributed by atoms with Crippen LogP contribution in [0.4, 0.5) is 4.39 Å². The van der Waals surface area contributed by atoms with Gasteiger partial charge in [-0.1, -0.05) is 44.0 Å². The highest BCUT2D eigenvalue weighted by Gasteiger charge is 2.17. The Morgan fingerprint density at radius 3 is 1.86 bits per heavy atom. The Hall–Kier alpha value is -0.410. The summed E-state index contributed by atoms with van der Waals surface area (Å²) in [5.41, 5.74) is 0. The maximum Gasteiger partial charge on any atom is 0.197 e. The molecule has 0 saturated heterocycles. The van der Waals surface area contributed by atoms with E-state index in [0.29, 0.717) is 11.7 Å². The number of aromatic nitrogens is 2. The number of hydrogen-bond donors (Lipinski definition) is 0. The quantitative estimate of drug-likeness (QED) is 0.733. The molecule has 1 unspecified atom stereocenters. The highest BCUT2D eigenvalue weighted by Crippen LogP contribution is 2.25. The molecule has 1 heterocycles. The van der Waals surface area contributed by atoms with Crippen molar-refractivity contribution in [2.24, 2.45) is 5.92 Å². The lowest BCUT2D eigenvalue weighted by atomic mass is 9.97. The Bertz CT molecular complexity index is 319. The fourth-order valence-electron chi connectivity index (χ4n) is 0.911. The Kier molecular flexibility index (Phi) is 3.67. The molecule has 78 valence electrons. The number of halogens is 3. The van der Waals surface area contributed by atoms with Crippen LogP contribution in [0, 0.1) is 11.7 Å². The van der Waals surface area contributed by atoms with Gasteiger partial charge in [-0.2, -0.15) is 0 Å². The van der Waals surface area contributed by atoms with E-state index < -0.39 is 5.82 Å². The normalized spacial score (nSPS) is 13.4. The van der Waals surface area contributed by atoms with Crippen LogP contribution in [-0.2, 0) is 0 Å². The van der Waals surface area contributed by atoms with Crippen LogP contribution in [0.25, 0.3) is 0 Å². The summed E-state index contributed by atoms with van der Waals surface area (Å²) in [6, 6.07) is 0. The van der Waals surface area contributed by atoms with Gasteiger partial charge in [-0.15, -0.1) is 0 Å². The zero-order valence-corrected chi connectivity index (χ0v) is 9.69. The average molecular weight is 237 g/mol. The van der Waals surface area contributed by atoms with Gasteiger partial charge in [0.25, 0.3) is 0 Å². The lowest BCUT2D eigenvalue weighted by Crippen LogP contribution is -2.08. The van der Waals surface area contributed by atoms with Crippen molar-refractivity contribution in [2.75, 3.05) is 0 Å². The predicted octanol–water partition coefficient (Wildman–Crippen LogP) is 3.68. The molecule has 2 nitrogen and oxygen atoms in total. The lowest BCUT2D eigenvalue weighted by molar-refractivity contribution is 0.504. The molecule has 1 rings (SSSR count). The van der Waals surface area contributed by atoms with Gasteiger partial charge in [0.1, 0.15) is 5.82 Å². The van der Waals surface area contributed by atoms with E-state index in [4.69, 9.17) is 23.2 Å². The van der Waals surface area contributed by atoms with Crippen LogP contribution >= 0.6 is 23.2 Å². The number of hydrogen-bond acceptors (Lipinski definition) is 2. The molecule has 0 saturated carbocycles. The predicted molar refractivity (Wildman–Crippen MR) is 55.3 cm³/mol. The molecular weight excluding hydrogens is 226 g/mol. The van der Waals surface area contributed by atoms with E-state index >= 15 is 0 Å². The van der Waals surface area contributed by atoms with E-state index in [2.05, 4.69) is 9.97 Å². The van der Waals surface area contributed by atoms with Crippen LogP contribution in [0.15, 0.2) is 0 Å². The van der Waals surface area contributed by atoms with Gasteiger partial charge < -0.3 is 0 Å². The van der Waals surface area contributed by atoms with Gasteiger partial charge in [-0.05, 0) is 5.92 Å². The summed E-state index contributed by atoms with van der Waals surface area (Å²) in [5, 5.41) is -0.431. The van der Waals surface area contributed by atoms with Crippen molar-refractivity contribution in [2.45, 2.75) is 26.7 Å². The second kappa shape index (κ2) is 4.41. The van der Waals surface area contributed by atoms with Gasteiger partial charge in [0, 0.05) is 5.92 Å². The van der Waals surface area contributed by atoms with Crippen molar-refractivity contribution in [1.82, 2.24) is 9.97 Å². The van der Waals surface area contributed by atoms with Crippen LogP contribution in [0.5, 0.6) is 0 Å². The fourth-order valence-corrected chi connectivity index (χ4v) is 1.31. The summed E-state index contributed by atoms with van der Waals surface area (Å²) < 4.78 is 13.0. The van der Waals surface area contributed by atoms with Gasteiger partial charge in [0.15, 0.2) is 16.1 Å². The summed E-state index contributed by atoms with van der Waals surface area (Å²) in [4.78, 5) is 7.70. The Morgan fingerprint density at radius 1 is 1.07 bits per heavy atom. The second-order valence-electron chi connectivity index (χ2n) is 3.51. The van der Waals surface area contributed by atoms with E-state index in [1.807, 2.05) is 20.8 Å². The Balaban J connectivity index is 3.12.